The van der Waals surface area contributed by atoms with Crippen molar-refractivity contribution in [3.05, 3.63) is 77.4 Å². The Morgan fingerprint density at radius 3 is 2.05 bits per heavy atom. The predicted octanol–water partition coefficient (Wildman–Crippen LogP) is 8.17. The lowest BCUT2D eigenvalue weighted by Crippen LogP contribution is -2.16. The van der Waals surface area contributed by atoms with Crippen molar-refractivity contribution >= 4 is 11.9 Å². The van der Waals surface area contributed by atoms with Crippen LogP contribution >= 0.6 is 0 Å². The molecule has 3 aromatic rings. The molecule has 0 aromatic heterocycles. The Morgan fingerprint density at radius 2 is 1.34 bits per heavy atom. The van der Waals surface area contributed by atoms with Crippen LogP contribution in [0, 0.1) is 5.92 Å². The summed E-state index contributed by atoms with van der Waals surface area (Å²) in [6.45, 7) is 6.75. The summed E-state index contributed by atoms with van der Waals surface area (Å²) < 4.78 is 16.9. The van der Waals surface area contributed by atoms with Crippen molar-refractivity contribution in [1.29, 1.82) is 0 Å². The minimum absolute atomic E-state index is 0.164. The predicted molar refractivity (Wildman–Crippen MR) is 150 cm³/mol. The first-order chi connectivity index (χ1) is 18.5. The summed E-state index contributed by atoms with van der Waals surface area (Å²) in [5, 5.41) is 0. The largest absolute Gasteiger partial charge is 0.494 e. The van der Waals surface area contributed by atoms with Gasteiger partial charge in [0.2, 0.25) is 0 Å². The minimum atomic E-state index is -0.420. The lowest BCUT2D eigenvalue weighted by Gasteiger charge is -2.10. The zero-order valence-corrected chi connectivity index (χ0v) is 22.8. The molecule has 0 saturated carbocycles. The van der Waals surface area contributed by atoms with Crippen LogP contribution in [0.4, 0.5) is 0 Å². The summed E-state index contributed by atoms with van der Waals surface area (Å²) >= 11 is 0. The molecule has 0 amide bonds. The number of fused-ring (bicyclic) bond motifs is 3. The molecular formula is C33H38O5. The number of benzene rings is 3. The second-order valence-electron chi connectivity index (χ2n) is 10.1. The van der Waals surface area contributed by atoms with Gasteiger partial charge >= 0.3 is 11.9 Å². The minimum Gasteiger partial charge on any atom is -0.494 e. The average Bonchev–Trinajstić information content (AvgIpc) is 3.30. The van der Waals surface area contributed by atoms with Crippen LogP contribution < -0.4 is 14.2 Å². The Kier molecular flexibility index (Phi) is 9.58. The fraction of sp³-hybridized carbons (Fsp3) is 0.394. The van der Waals surface area contributed by atoms with E-state index in [4.69, 9.17) is 14.2 Å². The zero-order chi connectivity index (χ0) is 26.9. The van der Waals surface area contributed by atoms with Gasteiger partial charge in [0.05, 0.1) is 18.1 Å². The van der Waals surface area contributed by atoms with Gasteiger partial charge in [-0.05, 0) is 90.0 Å². The lowest BCUT2D eigenvalue weighted by molar-refractivity contribution is -0.138. The number of ether oxygens (including phenoxy) is 3. The third-order valence-electron chi connectivity index (χ3n) is 7.12. The van der Waals surface area contributed by atoms with Crippen molar-refractivity contribution in [3.8, 4) is 28.4 Å². The van der Waals surface area contributed by atoms with Gasteiger partial charge in [-0.15, -0.1) is 0 Å². The van der Waals surface area contributed by atoms with Crippen LogP contribution in [0.3, 0.4) is 0 Å². The number of esters is 2. The van der Waals surface area contributed by atoms with Crippen LogP contribution in [0.1, 0.15) is 87.2 Å². The fourth-order valence-corrected chi connectivity index (χ4v) is 4.60. The molecule has 1 atom stereocenters. The molecule has 0 N–H and O–H groups in total. The smallest absolute Gasteiger partial charge is 0.343 e. The molecule has 38 heavy (non-hydrogen) atoms. The maximum atomic E-state index is 12.8. The van der Waals surface area contributed by atoms with E-state index in [0.29, 0.717) is 23.5 Å². The highest BCUT2D eigenvalue weighted by atomic mass is 16.5. The van der Waals surface area contributed by atoms with Gasteiger partial charge in [0.1, 0.15) is 17.2 Å². The lowest BCUT2D eigenvalue weighted by atomic mass is 10.0. The fourth-order valence-electron chi connectivity index (χ4n) is 4.60. The zero-order valence-electron chi connectivity index (χ0n) is 22.8. The summed E-state index contributed by atoms with van der Waals surface area (Å²) in [5.41, 5.74) is 5.16. The number of rotatable bonds is 13. The monoisotopic (exact) mass is 514 g/mol. The summed E-state index contributed by atoms with van der Waals surface area (Å²) in [7, 11) is 0. The quantitative estimate of drug-likeness (QED) is 0.102. The number of hydrogen-bond donors (Lipinski definition) is 0. The maximum Gasteiger partial charge on any atom is 0.343 e. The topological polar surface area (TPSA) is 61.8 Å². The number of carbonyl (C=O) groups is 2. The second-order valence-corrected chi connectivity index (χ2v) is 10.1. The van der Waals surface area contributed by atoms with Crippen molar-refractivity contribution in [2.75, 3.05) is 6.61 Å². The van der Waals surface area contributed by atoms with Crippen LogP contribution in [-0.2, 0) is 11.2 Å². The van der Waals surface area contributed by atoms with Gasteiger partial charge in [-0.25, -0.2) is 4.79 Å². The molecule has 5 nitrogen and oxygen atoms in total. The van der Waals surface area contributed by atoms with E-state index in [-0.39, 0.29) is 11.9 Å². The first-order valence-corrected chi connectivity index (χ1v) is 13.9. The third kappa shape index (κ3) is 7.03. The summed E-state index contributed by atoms with van der Waals surface area (Å²) in [5.74, 6) is 0.879. The molecule has 1 aliphatic carbocycles. The van der Waals surface area contributed by atoms with E-state index in [9.17, 15) is 9.59 Å². The van der Waals surface area contributed by atoms with Gasteiger partial charge < -0.3 is 14.2 Å². The van der Waals surface area contributed by atoms with E-state index in [2.05, 4.69) is 19.1 Å². The molecule has 4 rings (SSSR count). The van der Waals surface area contributed by atoms with Gasteiger partial charge in [-0.1, -0.05) is 65.0 Å². The summed E-state index contributed by atoms with van der Waals surface area (Å²) in [6, 6.07) is 18.5. The second kappa shape index (κ2) is 13.3. The molecular weight excluding hydrogens is 476 g/mol. The van der Waals surface area contributed by atoms with E-state index in [0.717, 1.165) is 36.3 Å². The molecule has 200 valence electrons. The first-order valence-electron chi connectivity index (χ1n) is 13.9. The Hall–Kier alpha value is -3.60. The van der Waals surface area contributed by atoms with Crippen LogP contribution in [0.5, 0.6) is 17.2 Å². The standard InChI is InChI=1S/C33H38O5/c1-4-6-7-8-9-10-19-36-29-16-18-31-26(22-29)21-25-20-24(11-17-30(25)31)33(35)38-28-14-12-27(13-15-28)37-32(34)23(3)5-2/h11-18,20,22-23H,4-10,19,21H2,1-3H3. The highest BCUT2D eigenvalue weighted by Crippen LogP contribution is 2.39. The molecule has 0 radical (unpaired) electrons. The van der Waals surface area contributed by atoms with E-state index in [1.165, 1.54) is 43.2 Å². The Balaban J connectivity index is 1.32. The van der Waals surface area contributed by atoms with E-state index >= 15 is 0 Å². The van der Waals surface area contributed by atoms with Crippen LogP contribution in [0.15, 0.2) is 60.7 Å². The first kappa shape index (κ1) is 27.4. The van der Waals surface area contributed by atoms with Crippen molar-refractivity contribution in [2.24, 2.45) is 5.92 Å². The normalized spacial score (nSPS) is 12.4. The van der Waals surface area contributed by atoms with Gasteiger partial charge in [0.15, 0.2) is 0 Å². The highest BCUT2D eigenvalue weighted by Gasteiger charge is 2.21. The van der Waals surface area contributed by atoms with Crippen molar-refractivity contribution in [1.82, 2.24) is 0 Å². The van der Waals surface area contributed by atoms with Crippen LogP contribution in [0.2, 0.25) is 0 Å². The molecule has 0 spiro atoms. The van der Waals surface area contributed by atoms with Crippen molar-refractivity contribution in [3.63, 3.8) is 0 Å². The van der Waals surface area contributed by atoms with E-state index in [1.807, 2.05) is 38.1 Å². The third-order valence-corrected chi connectivity index (χ3v) is 7.12. The van der Waals surface area contributed by atoms with Gasteiger partial charge in [0.25, 0.3) is 0 Å². The molecule has 0 heterocycles. The van der Waals surface area contributed by atoms with E-state index < -0.39 is 5.97 Å². The SMILES string of the molecule is CCCCCCCCOc1ccc2c(c1)Cc1cc(C(=O)Oc3ccc(OC(=O)C(C)CC)cc3)ccc1-2. The molecule has 5 heteroatoms. The Labute approximate surface area is 226 Å². The molecule has 3 aromatic carbocycles. The molecule has 0 bridgehead atoms. The Morgan fingerprint density at radius 1 is 0.737 bits per heavy atom. The molecule has 0 fully saturated rings. The van der Waals surface area contributed by atoms with Crippen LogP contribution in [-0.4, -0.2) is 18.5 Å². The number of carbonyl (C=O) groups excluding carboxylic acids is 2. The molecule has 1 aliphatic rings. The molecule has 0 aliphatic heterocycles. The number of unbranched alkanes of at least 4 members (excludes halogenated alkanes) is 5. The van der Waals surface area contributed by atoms with E-state index in [1.54, 1.807) is 24.3 Å². The molecule has 0 saturated heterocycles. The Bertz CT molecular complexity index is 1240. The van der Waals surface area contributed by atoms with Crippen LogP contribution in [0.25, 0.3) is 11.1 Å². The highest BCUT2D eigenvalue weighted by molar-refractivity contribution is 5.93. The number of hydrogen-bond acceptors (Lipinski definition) is 5. The van der Waals surface area contributed by atoms with Crippen molar-refractivity contribution < 1.29 is 23.8 Å². The van der Waals surface area contributed by atoms with Gasteiger partial charge in [0, 0.05) is 0 Å². The van der Waals surface area contributed by atoms with Gasteiger partial charge in [-0.2, -0.15) is 0 Å². The summed E-state index contributed by atoms with van der Waals surface area (Å²) in [6.07, 6.45) is 8.94. The average molecular weight is 515 g/mol. The van der Waals surface area contributed by atoms with Gasteiger partial charge in [-0.3, -0.25) is 4.79 Å². The maximum absolute atomic E-state index is 12.8. The van der Waals surface area contributed by atoms with Crippen molar-refractivity contribution in [2.45, 2.75) is 72.1 Å². The summed E-state index contributed by atoms with van der Waals surface area (Å²) in [4.78, 5) is 24.8. The molecule has 1 unspecified atom stereocenters.